The highest BCUT2D eigenvalue weighted by Crippen LogP contribution is 2.33. The molecule has 2 aliphatic rings. The predicted molar refractivity (Wildman–Crippen MR) is 66.4 cm³/mol. The highest BCUT2D eigenvalue weighted by Gasteiger charge is 2.42. The van der Waals surface area contributed by atoms with Crippen molar-refractivity contribution in [3.63, 3.8) is 0 Å². The molecule has 2 fully saturated rings. The minimum absolute atomic E-state index is 0.0670. The van der Waals surface area contributed by atoms with Gasteiger partial charge in [0.15, 0.2) is 0 Å². The molecule has 94 valence electrons. The fraction of sp³-hybridized carbons (Fsp3) is 1.00. The fourth-order valence-electron chi connectivity index (χ4n) is 3.07. The smallest absolute Gasteiger partial charge is 0.119 e. The Kier molecular flexibility index (Phi) is 3.57. The molecule has 2 saturated heterocycles. The molecule has 0 amide bonds. The van der Waals surface area contributed by atoms with E-state index in [0.29, 0.717) is 18.0 Å². The summed E-state index contributed by atoms with van der Waals surface area (Å²) in [5.41, 5.74) is -0.0670. The van der Waals surface area contributed by atoms with Gasteiger partial charge in [0.1, 0.15) is 5.72 Å². The van der Waals surface area contributed by atoms with E-state index in [-0.39, 0.29) is 5.72 Å². The van der Waals surface area contributed by atoms with Crippen molar-refractivity contribution in [3.05, 3.63) is 0 Å². The van der Waals surface area contributed by atoms with Crippen LogP contribution in [-0.2, 0) is 4.74 Å². The molecule has 0 aliphatic carbocycles. The van der Waals surface area contributed by atoms with Crippen LogP contribution in [0.4, 0.5) is 0 Å². The van der Waals surface area contributed by atoms with Crippen molar-refractivity contribution < 1.29 is 4.74 Å². The van der Waals surface area contributed by atoms with Gasteiger partial charge in [-0.1, -0.05) is 0 Å². The van der Waals surface area contributed by atoms with Gasteiger partial charge in [0.05, 0.1) is 6.61 Å². The van der Waals surface area contributed by atoms with Gasteiger partial charge in [-0.05, 0) is 53.6 Å². The number of hydrogen-bond donors (Lipinski definition) is 1. The third kappa shape index (κ3) is 2.41. The number of nitrogens with one attached hydrogen (secondary N) is 1. The van der Waals surface area contributed by atoms with E-state index in [1.807, 2.05) is 0 Å². The Morgan fingerprint density at radius 3 is 2.38 bits per heavy atom. The molecule has 1 N–H and O–H groups in total. The average molecular weight is 226 g/mol. The van der Waals surface area contributed by atoms with E-state index in [4.69, 9.17) is 4.74 Å². The number of hydrogen-bond acceptors (Lipinski definition) is 3. The number of ether oxygens (including phenoxy) is 1. The first-order valence-electron chi connectivity index (χ1n) is 6.67. The van der Waals surface area contributed by atoms with Crippen molar-refractivity contribution >= 4 is 0 Å². The van der Waals surface area contributed by atoms with Crippen LogP contribution in [0.25, 0.3) is 0 Å². The van der Waals surface area contributed by atoms with Crippen molar-refractivity contribution in [2.24, 2.45) is 5.92 Å². The lowest BCUT2D eigenvalue weighted by Gasteiger charge is -2.41. The van der Waals surface area contributed by atoms with E-state index >= 15 is 0 Å². The Labute approximate surface area is 99.5 Å². The van der Waals surface area contributed by atoms with E-state index in [2.05, 4.69) is 37.9 Å². The van der Waals surface area contributed by atoms with Crippen LogP contribution in [0.15, 0.2) is 0 Å². The summed E-state index contributed by atoms with van der Waals surface area (Å²) >= 11 is 0. The van der Waals surface area contributed by atoms with Crippen LogP contribution in [-0.4, -0.2) is 42.4 Å². The van der Waals surface area contributed by atoms with Crippen LogP contribution in [0.1, 0.15) is 40.5 Å². The molecule has 2 atom stereocenters. The molecular weight excluding hydrogens is 200 g/mol. The molecule has 0 aromatic heterocycles. The van der Waals surface area contributed by atoms with Crippen molar-refractivity contribution in [1.82, 2.24) is 10.2 Å². The van der Waals surface area contributed by atoms with E-state index < -0.39 is 0 Å². The summed E-state index contributed by atoms with van der Waals surface area (Å²) in [6, 6.07) is 1.19. The van der Waals surface area contributed by atoms with E-state index in [9.17, 15) is 0 Å². The lowest BCUT2D eigenvalue weighted by Crippen LogP contribution is -2.51. The quantitative estimate of drug-likeness (QED) is 0.777. The zero-order valence-electron chi connectivity index (χ0n) is 11.1. The van der Waals surface area contributed by atoms with Crippen LogP contribution in [0.3, 0.4) is 0 Å². The zero-order chi connectivity index (χ0) is 11.8. The van der Waals surface area contributed by atoms with Crippen LogP contribution in [0, 0.1) is 5.92 Å². The highest BCUT2D eigenvalue weighted by atomic mass is 16.5. The SMILES string of the molecule is CC1COC(C)(C2CCN(C(C)C)CC2)N1. The van der Waals surface area contributed by atoms with Crippen molar-refractivity contribution in [2.75, 3.05) is 19.7 Å². The maximum Gasteiger partial charge on any atom is 0.119 e. The summed E-state index contributed by atoms with van der Waals surface area (Å²) in [6.45, 7) is 12.3. The maximum atomic E-state index is 5.96. The monoisotopic (exact) mass is 226 g/mol. The normalized spacial score (nSPS) is 38.4. The summed E-state index contributed by atoms with van der Waals surface area (Å²) in [6.07, 6.45) is 2.52. The molecule has 2 aliphatic heterocycles. The van der Waals surface area contributed by atoms with Gasteiger partial charge in [0.25, 0.3) is 0 Å². The van der Waals surface area contributed by atoms with Crippen molar-refractivity contribution in [1.29, 1.82) is 0 Å². The number of rotatable bonds is 2. The summed E-state index contributed by atoms with van der Waals surface area (Å²) < 4.78 is 5.96. The number of likely N-dealkylation sites (tertiary alicyclic amines) is 1. The second kappa shape index (κ2) is 4.63. The number of nitrogens with zero attached hydrogens (tertiary/aromatic N) is 1. The topological polar surface area (TPSA) is 24.5 Å². The first kappa shape index (κ1) is 12.3. The van der Waals surface area contributed by atoms with Gasteiger partial charge in [-0.25, -0.2) is 0 Å². The standard InChI is InChI=1S/C13H26N2O/c1-10(2)15-7-5-12(6-8-15)13(4)14-11(3)9-16-13/h10-12,14H,5-9H2,1-4H3. The van der Waals surface area contributed by atoms with Gasteiger partial charge in [0.2, 0.25) is 0 Å². The van der Waals surface area contributed by atoms with Crippen molar-refractivity contribution in [3.8, 4) is 0 Å². The molecule has 2 rings (SSSR count). The molecule has 16 heavy (non-hydrogen) atoms. The van der Waals surface area contributed by atoms with Gasteiger partial charge < -0.3 is 9.64 Å². The van der Waals surface area contributed by atoms with Gasteiger partial charge >= 0.3 is 0 Å². The van der Waals surface area contributed by atoms with Gasteiger partial charge in [0, 0.05) is 18.0 Å². The molecular formula is C13H26N2O. The Balaban J connectivity index is 1.89. The van der Waals surface area contributed by atoms with Crippen molar-refractivity contribution in [2.45, 2.75) is 58.3 Å². The van der Waals surface area contributed by atoms with Crippen LogP contribution < -0.4 is 5.32 Å². The third-order valence-corrected chi connectivity index (χ3v) is 4.21. The number of piperidine rings is 1. The lowest BCUT2D eigenvalue weighted by molar-refractivity contribution is -0.0645. The van der Waals surface area contributed by atoms with Crippen LogP contribution >= 0.6 is 0 Å². The molecule has 0 saturated carbocycles. The zero-order valence-corrected chi connectivity index (χ0v) is 11.1. The molecule has 2 heterocycles. The Morgan fingerprint density at radius 2 is 1.94 bits per heavy atom. The van der Waals surface area contributed by atoms with Gasteiger partial charge in [-0.3, -0.25) is 5.32 Å². The van der Waals surface area contributed by atoms with Crippen LogP contribution in [0.5, 0.6) is 0 Å². The second-order valence-corrected chi connectivity index (χ2v) is 5.87. The van der Waals surface area contributed by atoms with Gasteiger partial charge in [-0.2, -0.15) is 0 Å². The maximum absolute atomic E-state index is 5.96. The molecule has 0 aromatic rings. The van der Waals surface area contributed by atoms with E-state index in [0.717, 1.165) is 6.61 Å². The highest BCUT2D eigenvalue weighted by molar-refractivity contribution is 4.92. The second-order valence-electron chi connectivity index (χ2n) is 5.87. The predicted octanol–water partition coefficient (Wildman–Crippen LogP) is 1.83. The fourth-order valence-corrected chi connectivity index (χ4v) is 3.07. The van der Waals surface area contributed by atoms with E-state index in [1.165, 1.54) is 25.9 Å². The summed E-state index contributed by atoms with van der Waals surface area (Å²) in [5.74, 6) is 0.674. The summed E-state index contributed by atoms with van der Waals surface area (Å²) in [4.78, 5) is 2.57. The molecule has 2 unspecified atom stereocenters. The molecule has 0 radical (unpaired) electrons. The molecule has 0 bridgehead atoms. The average Bonchev–Trinajstić information content (AvgIpc) is 2.60. The van der Waals surface area contributed by atoms with Gasteiger partial charge in [-0.15, -0.1) is 0 Å². The summed E-state index contributed by atoms with van der Waals surface area (Å²) in [7, 11) is 0. The lowest BCUT2D eigenvalue weighted by atomic mass is 9.87. The van der Waals surface area contributed by atoms with E-state index in [1.54, 1.807) is 0 Å². The third-order valence-electron chi connectivity index (χ3n) is 4.21. The molecule has 3 heteroatoms. The Morgan fingerprint density at radius 1 is 1.31 bits per heavy atom. The largest absolute Gasteiger partial charge is 0.359 e. The Bertz CT molecular complexity index is 236. The minimum atomic E-state index is -0.0670. The molecule has 0 spiro atoms. The minimum Gasteiger partial charge on any atom is -0.359 e. The first-order chi connectivity index (χ1) is 7.51. The molecule has 3 nitrogen and oxygen atoms in total. The summed E-state index contributed by atoms with van der Waals surface area (Å²) in [5, 5.41) is 3.60. The Hall–Kier alpha value is -0.120. The first-order valence-corrected chi connectivity index (χ1v) is 6.67. The van der Waals surface area contributed by atoms with Crippen LogP contribution in [0.2, 0.25) is 0 Å². The molecule has 0 aromatic carbocycles.